The second kappa shape index (κ2) is 11.6. The summed E-state index contributed by atoms with van der Waals surface area (Å²) in [5, 5.41) is 0. The van der Waals surface area contributed by atoms with E-state index in [1.165, 1.54) is 0 Å². The van der Waals surface area contributed by atoms with Crippen LogP contribution in [-0.4, -0.2) is 60.2 Å². The number of amidine groups is 1. The lowest BCUT2D eigenvalue weighted by atomic mass is 10.0. The number of aryl methyl sites for hydroxylation is 1. The maximum atomic E-state index is 6.37. The van der Waals surface area contributed by atoms with Crippen LogP contribution in [0.2, 0.25) is 0 Å². The molecule has 0 unspecified atom stereocenters. The molecule has 1 aliphatic heterocycles. The molecule has 4 heterocycles. The lowest BCUT2D eigenvalue weighted by Crippen LogP contribution is -2.46. The van der Waals surface area contributed by atoms with Crippen LogP contribution in [0.3, 0.4) is 0 Å². The van der Waals surface area contributed by atoms with Crippen LogP contribution in [-0.2, 0) is 6.42 Å². The highest BCUT2D eigenvalue weighted by Crippen LogP contribution is 2.23. The fourth-order valence-corrected chi connectivity index (χ4v) is 4.24. The molecule has 1 aliphatic rings. The molecule has 8 nitrogen and oxygen atoms in total. The van der Waals surface area contributed by atoms with Gasteiger partial charge in [0.15, 0.2) is 5.82 Å². The van der Waals surface area contributed by atoms with Crippen molar-refractivity contribution < 1.29 is 0 Å². The number of aromatic nitrogens is 3. The highest BCUT2D eigenvalue weighted by atomic mass is 15.3. The van der Waals surface area contributed by atoms with E-state index >= 15 is 0 Å². The Bertz CT molecular complexity index is 1270. The number of hydrogen-bond donors (Lipinski definition) is 1. The zero-order chi connectivity index (χ0) is 25.5. The van der Waals surface area contributed by atoms with E-state index in [2.05, 4.69) is 55.7 Å². The highest BCUT2D eigenvalue weighted by molar-refractivity contribution is 6.10. The van der Waals surface area contributed by atoms with E-state index in [1.807, 2.05) is 49.7 Å². The molecule has 0 spiro atoms. The summed E-state index contributed by atoms with van der Waals surface area (Å²) in [6, 6.07) is 14.1. The number of piperazine rings is 1. The van der Waals surface area contributed by atoms with E-state index in [9.17, 15) is 0 Å². The normalized spacial score (nSPS) is 14.4. The summed E-state index contributed by atoms with van der Waals surface area (Å²) in [6.45, 7) is 9.80. The number of hydrogen-bond acceptors (Lipinski definition) is 7. The van der Waals surface area contributed by atoms with E-state index in [1.54, 1.807) is 13.2 Å². The van der Waals surface area contributed by atoms with Crippen molar-refractivity contribution in [1.82, 2.24) is 15.0 Å². The van der Waals surface area contributed by atoms with Crippen molar-refractivity contribution in [2.75, 3.05) is 43.0 Å². The molecule has 186 valence electrons. The first-order chi connectivity index (χ1) is 17.4. The summed E-state index contributed by atoms with van der Waals surface area (Å²) in [4.78, 5) is 27.2. The molecule has 3 aromatic heterocycles. The predicted octanol–water partition coefficient (Wildman–Crippen LogP) is 4.23. The van der Waals surface area contributed by atoms with E-state index in [0.717, 1.165) is 65.8 Å². The summed E-state index contributed by atoms with van der Waals surface area (Å²) in [5.74, 6) is 2.11. The minimum absolute atomic E-state index is 0.452. The fraction of sp³-hybridized carbons (Fsp3) is 0.321. The van der Waals surface area contributed by atoms with Crippen molar-refractivity contribution >= 4 is 34.9 Å². The van der Waals surface area contributed by atoms with Crippen LogP contribution in [0.5, 0.6) is 0 Å². The van der Waals surface area contributed by atoms with Gasteiger partial charge in [-0.1, -0.05) is 17.7 Å². The van der Waals surface area contributed by atoms with Gasteiger partial charge in [0.05, 0.1) is 11.4 Å². The summed E-state index contributed by atoms with van der Waals surface area (Å²) in [6.07, 6.45) is 5.93. The zero-order valence-corrected chi connectivity index (χ0v) is 21.5. The van der Waals surface area contributed by atoms with Gasteiger partial charge in [0.2, 0.25) is 0 Å². The molecule has 0 aromatic carbocycles. The number of aliphatic imine (C=N–C) groups is 2. The van der Waals surface area contributed by atoms with E-state index < -0.39 is 0 Å². The number of rotatable bonds is 7. The van der Waals surface area contributed by atoms with Gasteiger partial charge in [0, 0.05) is 75.6 Å². The number of anilines is 2. The highest BCUT2D eigenvalue weighted by Gasteiger charge is 2.18. The molecule has 0 radical (unpaired) electrons. The van der Waals surface area contributed by atoms with Crippen molar-refractivity contribution in [1.29, 1.82) is 0 Å². The van der Waals surface area contributed by atoms with Crippen LogP contribution in [0, 0.1) is 6.92 Å². The maximum Gasteiger partial charge on any atom is 0.155 e. The molecule has 1 saturated heterocycles. The summed E-state index contributed by atoms with van der Waals surface area (Å²) >= 11 is 0. The molecule has 3 aromatic rings. The first kappa shape index (κ1) is 25.0. The number of nitrogens with two attached hydrogens (primary N) is 1. The lowest BCUT2D eigenvalue weighted by Gasteiger charge is -2.36. The van der Waals surface area contributed by atoms with Crippen molar-refractivity contribution in [2.45, 2.75) is 27.2 Å². The van der Waals surface area contributed by atoms with Gasteiger partial charge >= 0.3 is 0 Å². The molecular weight excluding hydrogens is 448 g/mol. The van der Waals surface area contributed by atoms with Crippen LogP contribution in [0.1, 0.15) is 30.8 Å². The van der Waals surface area contributed by atoms with Crippen LogP contribution >= 0.6 is 0 Å². The van der Waals surface area contributed by atoms with Crippen LogP contribution in [0.25, 0.3) is 5.57 Å². The molecule has 0 saturated carbocycles. The average molecular weight is 483 g/mol. The van der Waals surface area contributed by atoms with Gasteiger partial charge in [-0.3, -0.25) is 9.98 Å². The molecular formula is C28H34N8. The monoisotopic (exact) mass is 482 g/mol. The topological polar surface area (TPSA) is 95.9 Å². The maximum absolute atomic E-state index is 6.37. The molecule has 36 heavy (non-hydrogen) atoms. The third kappa shape index (κ3) is 6.13. The van der Waals surface area contributed by atoms with Gasteiger partial charge in [-0.15, -0.1) is 0 Å². The van der Waals surface area contributed by atoms with Crippen molar-refractivity contribution in [3.63, 3.8) is 0 Å². The first-order valence-corrected chi connectivity index (χ1v) is 12.2. The second-order valence-corrected chi connectivity index (χ2v) is 9.08. The van der Waals surface area contributed by atoms with Crippen LogP contribution in [0.15, 0.2) is 70.4 Å². The molecule has 0 amide bonds. The van der Waals surface area contributed by atoms with Gasteiger partial charge in [-0.25, -0.2) is 15.0 Å². The lowest BCUT2D eigenvalue weighted by molar-refractivity contribution is 0.647. The molecule has 1 fully saturated rings. The number of nitrogens with zero attached hydrogens (tertiary/aromatic N) is 7. The third-order valence-electron chi connectivity index (χ3n) is 6.23. The van der Waals surface area contributed by atoms with E-state index in [0.29, 0.717) is 18.1 Å². The Balaban J connectivity index is 1.46. The summed E-state index contributed by atoms with van der Waals surface area (Å²) in [5.41, 5.74) is 12.5. The van der Waals surface area contributed by atoms with E-state index in [4.69, 9.17) is 10.7 Å². The molecule has 8 heteroatoms. The Labute approximate surface area is 213 Å². The fourth-order valence-electron chi connectivity index (χ4n) is 4.24. The van der Waals surface area contributed by atoms with Gasteiger partial charge in [-0.05, 0) is 50.6 Å². The first-order valence-electron chi connectivity index (χ1n) is 12.2. The van der Waals surface area contributed by atoms with Crippen molar-refractivity contribution in [3.05, 3.63) is 77.4 Å². The second-order valence-electron chi connectivity index (χ2n) is 9.08. The number of pyridine rings is 3. The Hall–Kier alpha value is -4.07. The smallest absolute Gasteiger partial charge is 0.155 e. The van der Waals surface area contributed by atoms with E-state index in [-0.39, 0.29) is 0 Å². The Kier molecular flexibility index (Phi) is 8.05. The van der Waals surface area contributed by atoms with Crippen molar-refractivity contribution in [3.8, 4) is 0 Å². The largest absolute Gasteiger partial charge is 0.387 e. The van der Waals surface area contributed by atoms with Gasteiger partial charge in [0.1, 0.15) is 11.7 Å². The van der Waals surface area contributed by atoms with Crippen LogP contribution in [0.4, 0.5) is 17.3 Å². The van der Waals surface area contributed by atoms with Gasteiger partial charge < -0.3 is 15.5 Å². The van der Waals surface area contributed by atoms with Gasteiger partial charge in [-0.2, -0.15) is 0 Å². The molecule has 4 rings (SSSR count). The Morgan fingerprint density at radius 3 is 2.47 bits per heavy atom. The minimum atomic E-state index is 0.452. The third-order valence-corrected chi connectivity index (χ3v) is 6.23. The molecule has 0 aliphatic carbocycles. The Morgan fingerprint density at radius 2 is 1.78 bits per heavy atom. The zero-order valence-electron chi connectivity index (χ0n) is 21.5. The average Bonchev–Trinajstić information content (AvgIpc) is 2.89. The molecule has 0 bridgehead atoms. The van der Waals surface area contributed by atoms with Crippen LogP contribution < -0.4 is 15.5 Å². The molecule has 0 atom stereocenters. The SMILES string of the molecule is CN=CC(=C(C)C)c1ccc(C)c(CC(N)=Nc2cc(N3CCN(c4ccccn4)CC3)ccn2)n1. The van der Waals surface area contributed by atoms with Crippen molar-refractivity contribution in [2.24, 2.45) is 15.7 Å². The summed E-state index contributed by atoms with van der Waals surface area (Å²) < 4.78 is 0. The number of allylic oxidation sites excluding steroid dienone is 2. The predicted molar refractivity (Wildman–Crippen MR) is 150 cm³/mol. The minimum Gasteiger partial charge on any atom is -0.387 e. The summed E-state index contributed by atoms with van der Waals surface area (Å²) in [7, 11) is 1.77. The van der Waals surface area contributed by atoms with Gasteiger partial charge in [0.25, 0.3) is 0 Å². The standard InChI is InChI=1S/C28H34N8/c1-20(2)23(19-30-4)24-9-8-21(3)25(33-24)18-26(29)34-27-17-22(10-12-31-27)35-13-15-36(16-14-35)28-7-5-6-11-32-28/h5-12,17,19H,13-16,18H2,1-4H3,(H2,29,31,34). The quantitative estimate of drug-likeness (QED) is 0.400. The Morgan fingerprint density at radius 1 is 1.00 bits per heavy atom. The molecule has 2 N–H and O–H groups in total.